The maximum Gasteiger partial charge on any atom is 0.328 e. The molecule has 4 heteroatoms. The van der Waals surface area contributed by atoms with Gasteiger partial charge in [-0.2, -0.15) is 0 Å². The number of rotatable bonds is 3. The standard InChI is InChI=1S/C11H9ClO3/c1-7(13)10-4-3-9(12)6-8(10)2-5-11(14)15/h2-6H,1H3,(H,14,15). The van der Waals surface area contributed by atoms with E-state index in [1.54, 1.807) is 18.2 Å². The number of carbonyl (C=O) groups excluding carboxylic acids is 1. The molecule has 0 saturated carbocycles. The lowest BCUT2D eigenvalue weighted by atomic mass is 10.0. The quantitative estimate of drug-likeness (QED) is 0.634. The van der Waals surface area contributed by atoms with Crippen LogP contribution in [0.5, 0.6) is 0 Å². The zero-order chi connectivity index (χ0) is 11.4. The number of carboxylic acid groups (broad SMARTS) is 1. The van der Waals surface area contributed by atoms with Crippen molar-refractivity contribution in [3.8, 4) is 0 Å². The fraction of sp³-hybridized carbons (Fsp3) is 0.0909. The van der Waals surface area contributed by atoms with Crippen molar-refractivity contribution in [3.05, 3.63) is 40.4 Å². The summed E-state index contributed by atoms with van der Waals surface area (Å²) in [5.41, 5.74) is 0.967. The van der Waals surface area contributed by atoms with Crippen LogP contribution in [-0.2, 0) is 4.79 Å². The van der Waals surface area contributed by atoms with Crippen LogP contribution in [0.25, 0.3) is 6.08 Å². The number of hydrogen-bond acceptors (Lipinski definition) is 2. The largest absolute Gasteiger partial charge is 0.478 e. The summed E-state index contributed by atoms with van der Waals surface area (Å²) in [6.07, 6.45) is 2.32. The van der Waals surface area contributed by atoms with Crippen LogP contribution in [-0.4, -0.2) is 16.9 Å². The van der Waals surface area contributed by atoms with Gasteiger partial charge in [0.2, 0.25) is 0 Å². The van der Waals surface area contributed by atoms with Crippen molar-refractivity contribution < 1.29 is 14.7 Å². The average Bonchev–Trinajstić information content (AvgIpc) is 2.14. The molecular weight excluding hydrogens is 216 g/mol. The lowest BCUT2D eigenvalue weighted by molar-refractivity contribution is -0.131. The molecule has 0 saturated heterocycles. The summed E-state index contributed by atoms with van der Waals surface area (Å²) in [5.74, 6) is -1.19. The third-order valence-corrected chi connectivity index (χ3v) is 2.03. The van der Waals surface area contributed by atoms with Crippen molar-refractivity contribution in [1.82, 2.24) is 0 Å². The normalized spacial score (nSPS) is 10.5. The number of carbonyl (C=O) groups is 2. The van der Waals surface area contributed by atoms with Crippen LogP contribution >= 0.6 is 11.6 Å². The van der Waals surface area contributed by atoms with Crippen molar-refractivity contribution >= 4 is 29.4 Å². The summed E-state index contributed by atoms with van der Waals surface area (Å²) in [7, 11) is 0. The fourth-order valence-corrected chi connectivity index (χ4v) is 1.33. The Kier molecular flexibility index (Phi) is 3.63. The summed E-state index contributed by atoms with van der Waals surface area (Å²) in [5, 5.41) is 8.93. The molecule has 0 amide bonds. The minimum absolute atomic E-state index is 0.128. The van der Waals surface area contributed by atoms with Gasteiger partial charge >= 0.3 is 5.97 Å². The molecule has 0 bridgehead atoms. The molecule has 1 aromatic carbocycles. The Labute approximate surface area is 92.0 Å². The van der Waals surface area contributed by atoms with Gasteiger partial charge in [0.1, 0.15) is 0 Å². The highest BCUT2D eigenvalue weighted by atomic mass is 35.5. The van der Waals surface area contributed by atoms with Gasteiger partial charge < -0.3 is 5.11 Å². The third-order valence-electron chi connectivity index (χ3n) is 1.80. The van der Waals surface area contributed by atoms with Crippen molar-refractivity contribution in [2.75, 3.05) is 0 Å². The highest BCUT2D eigenvalue weighted by molar-refractivity contribution is 6.30. The van der Waals surface area contributed by atoms with Gasteiger partial charge in [-0.1, -0.05) is 11.6 Å². The van der Waals surface area contributed by atoms with Crippen molar-refractivity contribution in [3.63, 3.8) is 0 Å². The minimum atomic E-state index is -1.07. The molecule has 0 aliphatic carbocycles. The van der Waals surface area contributed by atoms with Gasteiger partial charge in [0.15, 0.2) is 5.78 Å². The van der Waals surface area contributed by atoms with Crippen LogP contribution in [0.1, 0.15) is 22.8 Å². The molecule has 0 aliphatic rings. The molecule has 0 radical (unpaired) electrons. The molecule has 0 atom stereocenters. The second-order valence-corrected chi connectivity index (χ2v) is 3.40. The number of aliphatic carboxylic acids is 1. The van der Waals surface area contributed by atoms with Crippen molar-refractivity contribution in [1.29, 1.82) is 0 Å². The van der Waals surface area contributed by atoms with E-state index >= 15 is 0 Å². The summed E-state index contributed by atoms with van der Waals surface area (Å²) < 4.78 is 0. The van der Waals surface area contributed by atoms with Gasteiger partial charge in [0.05, 0.1) is 0 Å². The van der Waals surface area contributed by atoms with Crippen LogP contribution < -0.4 is 0 Å². The topological polar surface area (TPSA) is 54.4 Å². The summed E-state index contributed by atoms with van der Waals surface area (Å²) >= 11 is 5.74. The highest BCUT2D eigenvalue weighted by Crippen LogP contribution is 2.18. The molecule has 0 aliphatic heterocycles. The monoisotopic (exact) mass is 224 g/mol. The van der Waals surface area contributed by atoms with Gasteiger partial charge in [0.25, 0.3) is 0 Å². The number of benzene rings is 1. The lowest BCUT2D eigenvalue weighted by Crippen LogP contribution is -1.96. The van der Waals surface area contributed by atoms with Gasteiger partial charge in [-0.05, 0) is 36.8 Å². The second kappa shape index (κ2) is 4.75. The molecule has 0 spiro atoms. The Hall–Kier alpha value is -1.61. The Morgan fingerprint density at radius 2 is 2.07 bits per heavy atom. The van der Waals surface area contributed by atoms with Crippen molar-refractivity contribution in [2.24, 2.45) is 0 Å². The van der Waals surface area contributed by atoms with E-state index < -0.39 is 5.97 Å². The Morgan fingerprint density at radius 3 is 2.60 bits per heavy atom. The smallest absolute Gasteiger partial charge is 0.328 e. The van der Waals surface area contributed by atoms with Gasteiger partial charge in [-0.3, -0.25) is 4.79 Å². The van der Waals surface area contributed by atoms with Crippen LogP contribution in [0, 0.1) is 0 Å². The Bertz CT molecular complexity index is 435. The van der Waals surface area contributed by atoms with Crippen LogP contribution in [0.4, 0.5) is 0 Å². The molecule has 0 unspecified atom stereocenters. The van der Waals surface area contributed by atoms with E-state index in [1.165, 1.54) is 13.0 Å². The first-order valence-electron chi connectivity index (χ1n) is 4.22. The van der Waals surface area contributed by atoms with E-state index in [0.29, 0.717) is 16.1 Å². The number of halogens is 1. The van der Waals surface area contributed by atoms with Gasteiger partial charge in [-0.25, -0.2) is 4.79 Å². The second-order valence-electron chi connectivity index (χ2n) is 2.96. The molecule has 0 fully saturated rings. The van der Waals surface area contributed by atoms with Crippen LogP contribution in [0.3, 0.4) is 0 Å². The zero-order valence-electron chi connectivity index (χ0n) is 8.03. The first-order chi connectivity index (χ1) is 7.00. The van der Waals surface area contributed by atoms with Crippen LogP contribution in [0.2, 0.25) is 5.02 Å². The van der Waals surface area contributed by atoms with Gasteiger partial charge in [-0.15, -0.1) is 0 Å². The first-order valence-corrected chi connectivity index (χ1v) is 4.60. The third kappa shape index (κ3) is 3.22. The molecule has 0 heterocycles. The highest BCUT2D eigenvalue weighted by Gasteiger charge is 2.05. The first kappa shape index (κ1) is 11.5. The molecular formula is C11H9ClO3. The van der Waals surface area contributed by atoms with Crippen LogP contribution in [0.15, 0.2) is 24.3 Å². The molecule has 15 heavy (non-hydrogen) atoms. The van der Waals surface area contributed by atoms with E-state index in [0.717, 1.165) is 6.08 Å². The number of carboxylic acids is 1. The average molecular weight is 225 g/mol. The SMILES string of the molecule is CC(=O)c1ccc(Cl)cc1C=CC(=O)O. The summed E-state index contributed by atoms with van der Waals surface area (Å²) in [6.45, 7) is 1.42. The zero-order valence-corrected chi connectivity index (χ0v) is 8.78. The molecule has 1 N–H and O–H groups in total. The molecule has 0 aromatic heterocycles. The summed E-state index contributed by atoms with van der Waals surface area (Å²) in [6, 6.07) is 4.72. The molecule has 1 aromatic rings. The maximum atomic E-state index is 11.2. The molecule has 3 nitrogen and oxygen atoms in total. The molecule has 78 valence electrons. The number of Topliss-reactive ketones (excluding diaryl/α,β-unsaturated/α-hetero) is 1. The summed E-state index contributed by atoms with van der Waals surface area (Å²) in [4.78, 5) is 21.5. The predicted octanol–water partition coefficient (Wildman–Crippen LogP) is 2.64. The number of hydrogen-bond donors (Lipinski definition) is 1. The minimum Gasteiger partial charge on any atom is -0.478 e. The predicted molar refractivity (Wildman–Crippen MR) is 58.1 cm³/mol. The fourth-order valence-electron chi connectivity index (χ4n) is 1.15. The van der Waals surface area contributed by atoms with Gasteiger partial charge in [0, 0.05) is 16.7 Å². The lowest BCUT2D eigenvalue weighted by Gasteiger charge is -2.02. The number of ketones is 1. The Morgan fingerprint density at radius 1 is 1.40 bits per heavy atom. The maximum absolute atomic E-state index is 11.2. The van der Waals surface area contributed by atoms with E-state index in [1.807, 2.05) is 0 Å². The van der Waals surface area contributed by atoms with E-state index in [9.17, 15) is 9.59 Å². The van der Waals surface area contributed by atoms with E-state index in [2.05, 4.69) is 0 Å². The molecule has 1 rings (SSSR count). The van der Waals surface area contributed by atoms with E-state index in [-0.39, 0.29) is 5.78 Å². The van der Waals surface area contributed by atoms with E-state index in [4.69, 9.17) is 16.7 Å². The Balaban J connectivity index is 3.18. The van der Waals surface area contributed by atoms with Crippen molar-refractivity contribution in [2.45, 2.75) is 6.92 Å².